The third-order valence-electron chi connectivity index (χ3n) is 2.89. The summed E-state index contributed by atoms with van der Waals surface area (Å²) in [6.45, 7) is 0. The Bertz CT molecular complexity index is 731. The summed E-state index contributed by atoms with van der Waals surface area (Å²) in [6.07, 6.45) is 3.49. The molecule has 0 aliphatic rings. The highest BCUT2D eigenvalue weighted by Gasteiger charge is 2.09. The number of halogens is 1. The second kappa shape index (κ2) is 7.43. The van der Waals surface area contributed by atoms with Gasteiger partial charge in [0.2, 0.25) is 0 Å². The molecule has 0 atom stereocenters. The molecule has 110 valence electrons. The Hall–Kier alpha value is -2.58. The number of carbonyl (C=O) groups excluding carboxylic acids is 1. The maximum atomic E-state index is 12.8. The monoisotopic (exact) mass is 312 g/mol. The number of thioether (sulfide) groups is 1. The Kier molecular flexibility index (Phi) is 5.34. The second-order valence-electron chi connectivity index (χ2n) is 4.40. The van der Waals surface area contributed by atoms with E-state index in [1.54, 1.807) is 11.8 Å². The second-order valence-corrected chi connectivity index (χ2v) is 5.28. The molecule has 0 fully saturated rings. The molecule has 22 heavy (non-hydrogen) atoms. The maximum absolute atomic E-state index is 12.8. The Morgan fingerprint density at radius 2 is 1.82 bits per heavy atom. The summed E-state index contributed by atoms with van der Waals surface area (Å²) in [5.41, 5.74) is 1.19. The van der Waals surface area contributed by atoms with E-state index in [2.05, 4.69) is 5.32 Å². The van der Waals surface area contributed by atoms with Crippen molar-refractivity contribution in [1.29, 1.82) is 5.26 Å². The normalized spacial score (nSPS) is 10.9. The van der Waals surface area contributed by atoms with Gasteiger partial charge in [-0.05, 0) is 54.3 Å². The van der Waals surface area contributed by atoms with Crippen LogP contribution in [0.1, 0.15) is 5.56 Å². The van der Waals surface area contributed by atoms with Crippen molar-refractivity contribution in [2.75, 3.05) is 11.6 Å². The molecular formula is C17H13FN2OS. The highest BCUT2D eigenvalue weighted by molar-refractivity contribution is 7.98. The van der Waals surface area contributed by atoms with Crippen molar-refractivity contribution in [2.24, 2.45) is 0 Å². The molecule has 0 unspecified atom stereocenters. The first-order valence-electron chi connectivity index (χ1n) is 6.45. The Morgan fingerprint density at radius 3 is 2.36 bits per heavy atom. The molecule has 0 bridgehead atoms. The lowest BCUT2D eigenvalue weighted by atomic mass is 10.1. The van der Waals surface area contributed by atoms with E-state index in [-0.39, 0.29) is 11.4 Å². The quantitative estimate of drug-likeness (QED) is 0.525. The van der Waals surface area contributed by atoms with Gasteiger partial charge in [0.15, 0.2) is 0 Å². The molecule has 0 aromatic heterocycles. The Balaban J connectivity index is 2.15. The molecular weight excluding hydrogens is 299 g/mol. The minimum atomic E-state index is -0.525. The minimum absolute atomic E-state index is 0.0128. The van der Waals surface area contributed by atoms with E-state index in [4.69, 9.17) is 5.26 Å². The average molecular weight is 312 g/mol. The number of nitrogens with zero attached hydrogens (tertiary/aromatic N) is 1. The van der Waals surface area contributed by atoms with Crippen LogP contribution < -0.4 is 5.32 Å². The summed E-state index contributed by atoms with van der Waals surface area (Å²) >= 11 is 1.62. The van der Waals surface area contributed by atoms with E-state index in [0.717, 1.165) is 10.5 Å². The van der Waals surface area contributed by atoms with Crippen molar-refractivity contribution in [3.05, 3.63) is 65.5 Å². The van der Waals surface area contributed by atoms with E-state index in [9.17, 15) is 9.18 Å². The predicted octanol–water partition coefficient (Wildman–Crippen LogP) is 4.09. The van der Waals surface area contributed by atoms with Crippen molar-refractivity contribution in [3.63, 3.8) is 0 Å². The van der Waals surface area contributed by atoms with Crippen LogP contribution in [-0.2, 0) is 4.79 Å². The summed E-state index contributed by atoms with van der Waals surface area (Å²) < 4.78 is 12.8. The number of rotatable bonds is 4. The molecule has 2 aromatic rings. The standard InChI is InChI=1S/C17H13FN2OS/c1-22-16-8-2-12(3-9-16)10-13(11-19)17(21)20-15-6-4-14(18)5-7-15/h2-10H,1H3,(H,20,21)/b13-10+. The van der Waals surface area contributed by atoms with Crippen LogP contribution in [0.25, 0.3) is 6.08 Å². The fraction of sp³-hybridized carbons (Fsp3) is 0.0588. The van der Waals surface area contributed by atoms with Gasteiger partial charge in [0.1, 0.15) is 17.5 Å². The number of anilines is 1. The SMILES string of the molecule is CSc1ccc(/C=C(\C#N)C(=O)Nc2ccc(F)cc2)cc1. The molecule has 3 nitrogen and oxygen atoms in total. The molecule has 2 rings (SSSR count). The largest absolute Gasteiger partial charge is 0.321 e. The molecule has 0 aliphatic heterocycles. The zero-order chi connectivity index (χ0) is 15.9. The molecule has 0 heterocycles. The van der Waals surface area contributed by atoms with Crippen LogP contribution >= 0.6 is 11.8 Å². The Labute approximate surface area is 132 Å². The van der Waals surface area contributed by atoms with Crippen LogP contribution in [0.3, 0.4) is 0 Å². The summed E-state index contributed by atoms with van der Waals surface area (Å²) in [5, 5.41) is 11.7. The smallest absolute Gasteiger partial charge is 0.266 e. The fourth-order valence-corrected chi connectivity index (χ4v) is 2.16. The van der Waals surface area contributed by atoms with Gasteiger partial charge in [-0.25, -0.2) is 4.39 Å². The van der Waals surface area contributed by atoms with E-state index in [0.29, 0.717) is 5.69 Å². The predicted molar refractivity (Wildman–Crippen MR) is 86.8 cm³/mol. The molecule has 0 spiro atoms. The summed E-state index contributed by atoms with van der Waals surface area (Å²) in [5.74, 6) is -0.911. The molecule has 5 heteroatoms. The summed E-state index contributed by atoms with van der Waals surface area (Å²) in [6, 6.07) is 14.8. The van der Waals surface area contributed by atoms with E-state index in [1.165, 1.54) is 30.3 Å². The molecule has 2 aromatic carbocycles. The molecule has 0 radical (unpaired) electrons. The highest BCUT2D eigenvalue weighted by atomic mass is 32.2. The van der Waals surface area contributed by atoms with Crippen LogP contribution in [0, 0.1) is 17.1 Å². The first kappa shape index (κ1) is 15.8. The summed E-state index contributed by atoms with van der Waals surface area (Å²) in [7, 11) is 0. The molecule has 0 aliphatic carbocycles. The van der Waals surface area contributed by atoms with Crippen molar-refractivity contribution in [3.8, 4) is 6.07 Å². The van der Waals surface area contributed by atoms with Crippen molar-refractivity contribution in [2.45, 2.75) is 4.90 Å². The van der Waals surface area contributed by atoms with Gasteiger partial charge in [0.05, 0.1) is 0 Å². The van der Waals surface area contributed by atoms with Gasteiger partial charge < -0.3 is 5.32 Å². The third-order valence-corrected chi connectivity index (χ3v) is 3.64. The Morgan fingerprint density at radius 1 is 1.18 bits per heavy atom. The number of hydrogen-bond acceptors (Lipinski definition) is 3. The zero-order valence-corrected chi connectivity index (χ0v) is 12.7. The van der Waals surface area contributed by atoms with Crippen molar-refractivity contribution in [1.82, 2.24) is 0 Å². The van der Waals surface area contributed by atoms with Gasteiger partial charge >= 0.3 is 0 Å². The molecule has 1 N–H and O–H groups in total. The number of amides is 1. The van der Waals surface area contributed by atoms with Crippen molar-refractivity contribution >= 4 is 29.4 Å². The van der Waals surface area contributed by atoms with Gasteiger partial charge in [-0.3, -0.25) is 4.79 Å². The average Bonchev–Trinajstić information content (AvgIpc) is 2.55. The molecule has 1 amide bonds. The van der Waals surface area contributed by atoms with Crippen LogP contribution in [-0.4, -0.2) is 12.2 Å². The van der Waals surface area contributed by atoms with Crippen LogP contribution in [0.4, 0.5) is 10.1 Å². The lowest BCUT2D eigenvalue weighted by Gasteiger charge is -2.04. The first-order valence-corrected chi connectivity index (χ1v) is 7.67. The number of hydrogen-bond donors (Lipinski definition) is 1. The lowest BCUT2D eigenvalue weighted by molar-refractivity contribution is -0.112. The van der Waals surface area contributed by atoms with Crippen molar-refractivity contribution < 1.29 is 9.18 Å². The molecule has 0 saturated heterocycles. The van der Waals surface area contributed by atoms with E-state index in [1.807, 2.05) is 36.6 Å². The number of carbonyl (C=O) groups is 1. The molecule has 0 saturated carbocycles. The zero-order valence-electron chi connectivity index (χ0n) is 11.8. The summed E-state index contributed by atoms with van der Waals surface area (Å²) in [4.78, 5) is 13.2. The lowest BCUT2D eigenvalue weighted by Crippen LogP contribution is -2.13. The topological polar surface area (TPSA) is 52.9 Å². The van der Waals surface area contributed by atoms with Crippen LogP contribution in [0.5, 0.6) is 0 Å². The van der Waals surface area contributed by atoms with Gasteiger partial charge in [-0.15, -0.1) is 11.8 Å². The van der Waals surface area contributed by atoms with Crippen LogP contribution in [0.15, 0.2) is 59.0 Å². The van der Waals surface area contributed by atoms with Gasteiger partial charge in [0, 0.05) is 10.6 Å². The fourth-order valence-electron chi connectivity index (χ4n) is 1.75. The van der Waals surface area contributed by atoms with E-state index < -0.39 is 5.91 Å². The van der Waals surface area contributed by atoms with Gasteiger partial charge in [-0.1, -0.05) is 12.1 Å². The maximum Gasteiger partial charge on any atom is 0.266 e. The number of benzene rings is 2. The van der Waals surface area contributed by atoms with Gasteiger partial charge in [-0.2, -0.15) is 5.26 Å². The third kappa shape index (κ3) is 4.21. The number of nitriles is 1. The highest BCUT2D eigenvalue weighted by Crippen LogP contribution is 2.17. The minimum Gasteiger partial charge on any atom is -0.321 e. The first-order chi connectivity index (χ1) is 10.6. The van der Waals surface area contributed by atoms with E-state index >= 15 is 0 Å². The number of nitrogens with one attached hydrogen (secondary N) is 1. The van der Waals surface area contributed by atoms with Crippen LogP contribution in [0.2, 0.25) is 0 Å². The van der Waals surface area contributed by atoms with Gasteiger partial charge in [0.25, 0.3) is 5.91 Å².